The molecular weight excluding hydrogens is 226 g/mol. The van der Waals surface area contributed by atoms with E-state index >= 15 is 0 Å². The van der Waals surface area contributed by atoms with Gasteiger partial charge in [-0.25, -0.2) is 0 Å². The zero-order chi connectivity index (χ0) is 13.0. The van der Waals surface area contributed by atoms with Gasteiger partial charge < -0.3 is 4.90 Å². The first-order valence-corrected chi connectivity index (χ1v) is 4.83. The molecule has 0 spiro atoms. The van der Waals surface area contributed by atoms with Crippen LogP contribution in [0.1, 0.15) is 5.56 Å². The van der Waals surface area contributed by atoms with Crippen molar-refractivity contribution >= 4 is 17.5 Å². The Bertz CT molecular complexity index is 482. The molecule has 0 radical (unpaired) electrons. The summed E-state index contributed by atoms with van der Waals surface area (Å²) in [6.45, 7) is 0. The lowest BCUT2D eigenvalue weighted by Gasteiger charge is -1.99. The van der Waals surface area contributed by atoms with Gasteiger partial charge in [0.1, 0.15) is 0 Å². The summed E-state index contributed by atoms with van der Waals surface area (Å²) in [6, 6.07) is 3.58. The lowest BCUT2D eigenvalue weighted by Crippen LogP contribution is -3.00. The van der Waals surface area contributed by atoms with E-state index in [4.69, 9.17) is 0 Å². The average molecular weight is 238 g/mol. The third-order valence-electron chi connectivity index (χ3n) is 2.02. The van der Waals surface area contributed by atoms with Crippen molar-refractivity contribution in [2.45, 2.75) is 0 Å². The van der Waals surface area contributed by atoms with E-state index in [1.807, 2.05) is 14.1 Å². The highest BCUT2D eigenvalue weighted by atomic mass is 16.6. The monoisotopic (exact) mass is 238 g/mol. The molecule has 0 bridgehead atoms. The van der Waals surface area contributed by atoms with Gasteiger partial charge in [-0.2, -0.15) is 0 Å². The maximum absolute atomic E-state index is 10.8. The molecule has 7 heteroatoms. The van der Waals surface area contributed by atoms with E-state index in [9.17, 15) is 20.2 Å². The lowest BCUT2D eigenvalue weighted by molar-refractivity contribution is -0.800. The summed E-state index contributed by atoms with van der Waals surface area (Å²) in [5.41, 5.74) is -0.204. The molecule has 0 fully saturated rings. The number of nitro groups is 2. The Hall–Kier alpha value is -2.28. The van der Waals surface area contributed by atoms with Gasteiger partial charge in [0, 0.05) is 12.1 Å². The van der Waals surface area contributed by atoms with Gasteiger partial charge in [-0.15, -0.1) is 0 Å². The van der Waals surface area contributed by atoms with Crippen molar-refractivity contribution in [2.75, 3.05) is 14.1 Å². The molecule has 0 saturated heterocycles. The summed E-state index contributed by atoms with van der Waals surface area (Å²) in [5.74, 6) is 0. The van der Waals surface area contributed by atoms with E-state index in [2.05, 4.69) is 0 Å². The number of nitrogens with zero attached hydrogens (tertiary/aromatic N) is 2. The van der Waals surface area contributed by atoms with Crippen molar-refractivity contribution in [1.82, 2.24) is 0 Å². The molecule has 1 aromatic carbocycles. The molecule has 1 N–H and O–H groups in total. The molecule has 0 amide bonds. The van der Waals surface area contributed by atoms with Crippen LogP contribution < -0.4 is 4.90 Å². The van der Waals surface area contributed by atoms with Crippen LogP contribution in [0.3, 0.4) is 0 Å². The third kappa shape index (κ3) is 3.35. The number of hydrogen-bond donors (Lipinski definition) is 1. The van der Waals surface area contributed by atoms with Crippen LogP contribution in [0.5, 0.6) is 0 Å². The van der Waals surface area contributed by atoms with Gasteiger partial charge >= 0.3 is 0 Å². The maximum atomic E-state index is 10.8. The largest absolute Gasteiger partial charge is 0.313 e. The summed E-state index contributed by atoms with van der Waals surface area (Å²) < 4.78 is 0. The molecule has 7 nitrogen and oxygen atoms in total. The van der Waals surface area contributed by atoms with Crippen LogP contribution in [-0.2, 0) is 0 Å². The third-order valence-corrected chi connectivity index (χ3v) is 2.02. The van der Waals surface area contributed by atoms with Crippen molar-refractivity contribution < 1.29 is 14.7 Å². The summed E-state index contributed by atoms with van der Waals surface area (Å²) in [6.07, 6.45) is 3.28. The number of rotatable bonds is 4. The van der Waals surface area contributed by atoms with Crippen LogP contribution in [-0.4, -0.2) is 23.9 Å². The van der Waals surface area contributed by atoms with E-state index in [-0.39, 0.29) is 11.4 Å². The fourth-order valence-electron chi connectivity index (χ4n) is 1.20. The Morgan fingerprint density at radius 2 is 1.82 bits per heavy atom. The SMILES string of the molecule is C[NH+](C)/C=C/c1ccc([N+](=O)[O-])cc1[N+](=O)[O-]. The molecule has 0 heterocycles. The Kier molecular flexibility index (Phi) is 3.89. The molecule has 0 saturated carbocycles. The predicted molar refractivity (Wildman–Crippen MR) is 61.6 cm³/mol. The van der Waals surface area contributed by atoms with Crippen LogP contribution in [0.4, 0.5) is 11.4 Å². The molecular formula is C10H12N3O4+. The van der Waals surface area contributed by atoms with Gasteiger partial charge in [0.2, 0.25) is 0 Å². The molecule has 0 atom stereocenters. The van der Waals surface area contributed by atoms with E-state index in [0.29, 0.717) is 5.56 Å². The summed E-state index contributed by atoms with van der Waals surface area (Å²) in [7, 11) is 3.71. The fourth-order valence-corrected chi connectivity index (χ4v) is 1.20. The minimum Gasteiger partial charge on any atom is -0.313 e. The van der Waals surface area contributed by atoms with Crippen LogP contribution in [0.25, 0.3) is 6.08 Å². The van der Waals surface area contributed by atoms with E-state index < -0.39 is 9.85 Å². The van der Waals surface area contributed by atoms with E-state index in [0.717, 1.165) is 11.0 Å². The lowest BCUT2D eigenvalue weighted by atomic mass is 10.1. The molecule has 0 aliphatic heterocycles. The second-order valence-electron chi connectivity index (χ2n) is 3.67. The molecule has 0 aliphatic carbocycles. The summed E-state index contributed by atoms with van der Waals surface area (Å²) in [4.78, 5) is 21.0. The summed E-state index contributed by atoms with van der Waals surface area (Å²) in [5, 5.41) is 21.3. The Labute approximate surface area is 97.3 Å². The summed E-state index contributed by atoms with van der Waals surface area (Å²) >= 11 is 0. The van der Waals surface area contributed by atoms with Crippen molar-refractivity contribution in [1.29, 1.82) is 0 Å². The molecule has 0 aliphatic rings. The molecule has 1 rings (SSSR count). The van der Waals surface area contributed by atoms with Crippen molar-refractivity contribution in [2.24, 2.45) is 0 Å². The number of benzene rings is 1. The first kappa shape index (κ1) is 12.8. The molecule has 0 aromatic heterocycles. The highest BCUT2D eigenvalue weighted by Crippen LogP contribution is 2.25. The van der Waals surface area contributed by atoms with Gasteiger partial charge in [0.15, 0.2) is 0 Å². The van der Waals surface area contributed by atoms with Gasteiger partial charge in [-0.05, 0) is 6.07 Å². The molecule has 1 aromatic rings. The molecule has 17 heavy (non-hydrogen) atoms. The quantitative estimate of drug-likeness (QED) is 0.614. The average Bonchev–Trinajstić information content (AvgIpc) is 2.25. The Morgan fingerprint density at radius 1 is 1.18 bits per heavy atom. The first-order chi connectivity index (χ1) is 7.91. The Morgan fingerprint density at radius 3 is 2.29 bits per heavy atom. The minimum atomic E-state index is -0.655. The van der Waals surface area contributed by atoms with Gasteiger partial charge in [-0.3, -0.25) is 20.2 Å². The van der Waals surface area contributed by atoms with Crippen molar-refractivity contribution in [3.05, 3.63) is 50.2 Å². The standard InChI is InChI=1S/C10H11N3O4/c1-11(2)6-5-8-3-4-9(12(14)15)7-10(8)13(16)17/h3-7H,1-2H3/p+1/b6-5+. The topological polar surface area (TPSA) is 90.7 Å². The van der Waals surface area contributed by atoms with Gasteiger partial charge in [-0.1, -0.05) is 0 Å². The normalized spacial score (nSPS) is 11.0. The zero-order valence-electron chi connectivity index (χ0n) is 9.41. The number of nitro benzene ring substituents is 2. The highest BCUT2D eigenvalue weighted by molar-refractivity contribution is 5.63. The highest BCUT2D eigenvalue weighted by Gasteiger charge is 2.17. The first-order valence-electron chi connectivity index (χ1n) is 4.83. The minimum absolute atomic E-state index is 0.267. The Balaban J connectivity index is 3.22. The van der Waals surface area contributed by atoms with E-state index in [1.54, 1.807) is 12.3 Å². The number of nitrogens with one attached hydrogen (secondary N) is 1. The number of quaternary nitrogens is 1. The number of non-ortho nitro benzene ring substituents is 1. The van der Waals surface area contributed by atoms with Crippen LogP contribution >= 0.6 is 0 Å². The number of hydrogen-bond acceptors (Lipinski definition) is 4. The van der Waals surface area contributed by atoms with Crippen LogP contribution in [0.2, 0.25) is 0 Å². The smallest absolute Gasteiger partial charge is 0.283 e. The zero-order valence-corrected chi connectivity index (χ0v) is 9.41. The van der Waals surface area contributed by atoms with Gasteiger partial charge in [0.05, 0.1) is 41.8 Å². The van der Waals surface area contributed by atoms with Gasteiger partial charge in [0.25, 0.3) is 11.4 Å². The molecule has 90 valence electrons. The second kappa shape index (κ2) is 5.17. The fraction of sp³-hybridized carbons (Fsp3) is 0.200. The maximum Gasteiger partial charge on any atom is 0.283 e. The van der Waals surface area contributed by atoms with Crippen molar-refractivity contribution in [3.8, 4) is 0 Å². The van der Waals surface area contributed by atoms with Crippen molar-refractivity contribution in [3.63, 3.8) is 0 Å². The predicted octanol–water partition coefficient (Wildman–Crippen LogP) is 0.618. The molecule has 0 unspecified atom stereocenters. The van der Waals surface area contributed by atoms with E-state index in [1.165, 1.54) is 12.1 Å². The van der Waals surface area contributed by atoms with Crippen LogP contribution in [0, 0.1) is 20.2 Å². The van der Waals surface area contributed by atoms with Crippen LogP contribution in [0.15, 0.2) is 24.4 Å². The second-order valence-corrected chi connectivity index (χ2v) is 3.67.